The normalized spacial score (nSPS) is 22.4. The maximum absolute atomic E-state index is 14.0. The Kier molecular flexibility index (Phi) is 10.5. The minimum atomic E-state index is -1.15. The predicted octanol–water partition coefficient (Wildman–Crippen LogP) is 2.86. The Bertz CT molecular complexity index is 1350. The average Bonchev–Trinajstić information content (AvgIpc) is 3.72. The van der Waals surface area contributed by atoms with E-state index in [1.165, 1.54) is 20.0 Å². The summed E-state index contributed by atoms with van der Waals surface area (Å²) in [4.78, 5) is 29.2. The lowest BCUT2D eigenvalue weighted by Crippen LogP contribution is -2.56. The van der Waals surface area contributed by atoms with Gasteiger partial charge in [-0.05, 0) is 60.2 Å². The van der Waals surface area contributed by atoms with E-state index >= 15 is 0 Å². The molecule has 4 N–H and O–H groups in total. The topological polar surface area (TPSA) is 138 Å². The molecule has 0 spiro atoms. The highest BCUT2D eigenvalue weighted by Crippen LogP contribution is 2.51. The summed E-state index contributed by atoms with van der Waals surface area (Å²) in [5, 5.41) is 34.0. The number of amides is 2. The Morgan fingerprint density at radius 1 is 1.07 bits per heavy atom. The Hall–Kier alpha value is -3.60. The number of carbonyl (C=O) groups is 2. The van der Waals surface area contributed by atoms with Gasteiger partial charge in [0.2, 0.25) is 11.8 Å². The van der Waals surface area contributed by atoms with Gasteiger partial charge >= 0.3 is 0 Å². The minimum Gasteiger partial charge on any atom is -0.497 e. The van der Waals surface area contributed by atoms with E-state index < -0.39 is 30.1 Å². The van der Waals surface area contributed by atoms with Crippen LogP contribution < -0.4 is 19.5 Å². The standard InChI is InChI=1S/C34H44N2O8/c1-42-24-9-5-8-22(16-24)12-14-36(29(39)11-10-21-6-3-4-7-21)27-19-26(34(41)35-13-15-37)30-25-17-23(20-38)18-28(43-2)32(25)44-33(30)31(27)40/h5,8-9,16-19,21,27,30-31,33,37-38,40H,3-4,6-7,10-15,20H2,1-2H3,(H,35,41). The van der Waals surface area contributed by atoms with Crippen LogP contribution in [0.25, 0.3) is 0 Å². The fourth-order valence-corrected chi connectivity index (χ4v) is 6.91. The Labute approximate surface area is 258 Å². The highest BCUT2D eigenvalue weighted by Gasteiger charge is 2.51. The average molecular weight is 609 g/mol. The molecule has 10 nitrogen and oxygen atoms in total. The zero-order valence-electron chi connectivity index (χ0n) is 25.5. The van der Waals surface area contributed by atoms with Gasteiger partial charge in [0.25, 0.3) is 0 Å². The van der Waals surface area contributed by atoms with Crippen LogP contribution in [0.3, 0.4) is 0 Å². The number of ether oxygens (including phenoxy) is 3. The molecule has 1 heterocycles. The number of nitrogens with one attached hydrogen (secondary N) is 1. The maximum atomic E-state index is 14.0. The Morgan fingerprint density at radius 2 is 1.86 bits per heavy atom. The third-order valence-electron chi connectivity index (χ3n) is 9.19. The SMILES string of the molecule is COc1cccc(CCN(C(=O)CCC2CCCC2)C2C=C(C(=O)NCCO)C3c4cc(CO)cc(OC)c4OC3C2O)c1. The van der Waals surface area contributed by atoms with Crippen molar-refractivity contribution in [2.45, 2.75) is 75.7 Å². The first-order valence-electron chi connectivity index (χ1n) is 15.6. The van der Waals surface area contributed by atoms with E-state index in [1.807, 2.05) is 24.3 Å². The van der Waals surface area contributed by atoms with E-state index in [0.717, 1.165) is 30.6 Å². The number of methoxy groups -OCH3 is 2. The number of aliphatic hydroxyl groups excluding tert-OH is 3. The van der Waals surface area contributed by atoms with Crippen molar-refractivity contribution in [3.05, 3.63) is 64.7 Å². The Balaban J connectivity index is 1.51. The summed E-state index contributed by atoms with van der Waals surface area (Å²) in [5.41, 5.74) is 2.52. The smallest absolute Gasteiger partial charge is 0.247 e. The molecule has 10 heteroatoms. The van der Waals surface area contributed by atoms with Gasteiger partial charge in [0.05, 0.1) is 39.4 Å². The van der Waals surface area contributed by atoms with Crippen molar-refractivity contribution in [2.75, 3.05) is 33.9 Å². The van der Waals surface area contributed by atoms with Gasteiger partial charge in [-0.2, -0.15) is 0 Å². The van der Waals surface area contributed by atoms with Gasteiger partial charge in [-0.15, -0.1) is 0 Å². The van der Waals surface area contributed by atoms with E-state index in [1.54, 1.807) is 30.2 Å². The van der Waals surface area contributed by atoms with Crippen molar-refractivity contribution in [2.24, 2.45) is 5.92 Å². The number of aliphatic hydroxyl groups is 3. The molecule has 0 saturated heterocycles. The van der Waals surface area contributed by atoms with Crippen LogP contribution in [0.2, 0.25) is 0 Å². The van der Waals surface area contributed by atoms with Crippen LogP contribution in [0, 0.1) is 5.92 Å². The van der Waals surface area contributed by atoms with E-state index in [4.69, 9.17) is 14.2 Å². The first kappa shape index (κ1) is 31.8. The summed E-state index contributed by atoms with van der Waals surface area (Å²) < 4.78 is 17.3. The van der Waals surface area contributed by atoms with Crippen molar-refractivity contribution < 1.29 is 39.1 Å². The number of hydrogen-bond acceptors (Lipinski definition) is 8. The maximum Gasteiger partial charge on any atom is 0.247 e. The number of rotatable bonds is 13. The first-order chi connectivity index (χ1) is 21.4. The van der Waals surface area contributed by atoms with Gasteiger partial charge in [-0.3, -0.25) is 9.59 Å². The lowest BCUT2D eigenvalue weighted by molar-refractivity contribution is -0.137. The lowest BCUT2D eigenvalue weighted by Gasteiger charge is -2.41. The molecule has 2 amide bonds. The van der Waals surface area contributed by atoms with E-state index in [-0.39, 0.29) is 25.7 Å². The third kappa shape index (κ3) is 6.72. The van der Waals surface area contributed by atoms with E-state index in [2.05, 4.69) is 5.32 Å². The number of fused-ring (bicyclic) bond motifs is 3. The molecule has 1 saturated carbocycles. The quantitative estimate of drug-likeness (QED) is 0.273. The minimum absolute atomic E-state index is 0.0500. The summed E-state index contributed by atoms with van der Waals surface area (Å²) in [6, 6.07) is 10.3. The van der Waals surface area contributed by atoms with Crippen molar-refractivity contribution in [1.82, 2.24) is 10.2 Å². The number of benzene rings is 2. The second kappa shape index (κ2) is 14.5. The number of nitrogens with zero attached hydrogens (tertiary/aromatic N) is 1. The summed E-state index contributed by atoms with van der Waals surface area (Å²) in [6.45, 7) is -0.103. The second-order valence-corrected chi connectivity index (χ2v) is 11.9. The third-order valence-corrected chi connectivity index (χ3v) is 9.19. The number of hydrogen-bond donors (Lipinski definition) is 4. The molecule has 0 bridgehead atoms. The van der Waals surface area contributed by atoms with Crippen molar-refractivity contribution >= 4 is 11.8 Å². The van der Waals surface area contributed by atoms with E-state index in [0.29, 0.717) is 53.5 Å². The Morgan fingerprint density at radius 3 is 2.57 bits per heavy atom. The predicted molar refractivity (Wildman–Crippen MR) is 164 cm³/mol. The largest absolute Gasteiger partial charge is 0.497 e. The zero-order valence-corrected chi connectivity index (χ0v) is 25.5. The van der Waals surface area contributed by atoms with Crippen molar-refractivity contribution in [3.8, 4) is 17.2 Å². The fraction of sp³-hybridized carbons (Fsp3) is 0.529. The molecular weight excluding hydrogens is 564 g/mol. The molecule has 2 aromatic carbocycles. The molecule has 2 aliphatic carbocycles. The van der Waals surface area contributed by atoms with Gasteiger partial charge in [-0.1, -0.05) is 37.8 Å². The fourth-order valence-electron chi connectivity index (χ4n) is 6.91. The van der Waals surface area contributed by atoms with Gasteiger partial charge in [0, 0.05) is 30.6 Å². The molecule has 5 rings (SSSR count). The van der Waals surface area contributed by atoms with Gasteiger partial charge < -0.3 is 39.7 Å². The molecule has 3 aliphatic rings. The van der Waals surface area contributed by atoms with Crippen LogP contribution in [0.15, 0.2) is 48.0 Å². The summed E-state index contributed by atoms with van der Waals surface area (Å²) in [5.74, 6) is 0.878. The van der Waals surface area contributed by atoms with E-state index in [9.17, 15) is 24.9 Å². The molecule has 44 heavy (non-hydrogen) atoms. The highest BCUT2D eigenvalue weighted by molar-refractivity contribution is 5.96. The van der Waals surface area contributed by atoms with Crippen LogP contribution in [0.1, 0.15) is 61.1 Å². The van der Waals surface area contributed by atoms with Crippen LogP contribution in [0.5, 0.6) is 17.2 Å². The monoisotopic (exact) mass is 608 g/mol. The molecule has 2 aromatic rings. The van der Waals surface area contributed by atoms with Crippen LogP contribution in [-0.4, -0.2) is 84.2 Å². The molecule has 4 unspecified atom stereocenters. The van der Waals surface area contributed by atoms with Gasteiger partial charge in [0.15, 0.2) is 11.5 Å². The molecule has 0 radical (unpaired) electrons. The number of carbonyl (C=O) groups excluding carboxylic acids is 2. The van der Waals surface area contributed by atoms with Gasteiger partial charge in [0.1, 0.15) is 18.0 Å². The lowest BCUT2D eigenvalue weighted by atomic mass is 9.77. The molecule has 4 atom stereocenters. The van der Waals surface area contributed by atoms with Gasteiger partial charge in [-0.25, -0.2) is 0 Å². The molecular formula is C34H44N2O8. The zero-order chi connectivity index (χ0) is 31.2. The summed E-state index contributed by atoms with van der Waals surface area (Å²) >= 11 is 0. The molecule has 0 aromatic heterocycles. The first-order valence-corrected chi connectivity index (χ1v) is 15.6. The summed E-state index contributed by atoms with van der Waals surface area (Å²) in [7, 11) is 3.11. The molecule has 1 fully saturated rings. The molecule has 238 valence electrons. The summed E-state index contributed by atoms with van der Waals surface area (Å²) in [6.07, 6.45) is 5.98. The van der Waals surface area contributed by atoms with Crippen molar-refractivity contribution in [1.29, 1.82) is 0 Å². The molecule has 1 aliphatic heterocycles. The van der Waals surface area contributed by atoms with Crippen LogP contribution in [-0.2, 0) is 22.6 Å². The second-order valence-electron chi connectivity index (χ2n) is 11.9. The highest BCUT2D eigenvalue weighted by atomic mass is 16.5. The van der Waals surface area contributed by atoms with Crippen LogP contribution in [0.4, 0.5) is 0 Å². The van der Waals surface area contributed by atoms with Crippen molar-refractivity contribution in [3.63, 3.8) is 0 Å². The van der Waals surface area contributed by atoms with Crippen LogP contribution >= 0.6 is 0 Å².